The van der Waals surface area contributed by atoms with Crippen LogP contribution in [0.25, 0.3) is 6.08 Å². The number of carbonyl (C=O) groups is 2. The van der Waals surface area contributed by atoms with Crippen LogP contribution in [0, 0.1) is 3.77 Å². The van der Waals surface area contributed by atoms with Crippen molar-refractivity contribution in [1.29, 1.82) is 0 Å². The summed E-state index contributed by atoms with van der Waals surface area (Å²) in [5.74, 6) is -0.850. The number of hydrogen-bond donors (Lipinski definition) is 2. The minimum absolute atomic E-state index is 0.105. The first kappa shape index (κ1) is 22.6. The highest BCUT2D eigenvalue weighted by Gasteiger charge is 2.30. The maximum absolute atomic E-state index is 12.9. The molecule has 2 amide bonds. The van der Waals surface area contributed by atoms with Crippen LogP contribution >= 0.6 is 22.6 Å². The van der Waals surface area contributed by atoms with Crippen LogP contribution in [0.15, 0.2) is 76.8 Å². The molecule has 0 unspecified atom stereocenters. The number of alkyl halides is 3. The lowest BCUT2D eigenvalue weighted by Crippen LogP contribution is -2.34. The van der Waals surface area contributed by atoms with Crippen LogP contribution in [-0.2, 0) is 17.5 Å². The molecule has 0 saturated heterocycles. The van der Waals surface area contributed by atoms with Gasteiger partial charge >= 0.3 is 6.18 Å². The molecule has 0 aliphatic heterocycles. The van der Waals surface area contributed by atoms with E-state index in [-0.39, 0.29) is 17.8 Å². The van der Waals surface area contributed by atoms with E-state index in [1.807, 2.05) is 22.6 Å². The molecule has 1 aromatic heterocycles. The van der Waals surface area contributed by atoms with Crippen molar-refractivity contribution in [3.05, 3.63) is 98.6 Å². The van der Waals surface area contributed by atoms with Crippen LogP contribution in [0.1, 0.15) is 27.2 Å². The molecule has 160 valence electrons. The van der Waals surface area contributed by atoms with Gasteiger partial charge in [0.2, 0.25) is 0 Å². The van der Waals surface area contributed by atoms with Crippen LogP contribution in [0.3, 0.4) is 0 Å². The Balaban J connectivity index is 1.78. The Bertz CT molecular complexity index is 1110. The summed E-state index contributed by atoms with van der Waals surface area (Å²) >= 11 is 1.96. The quantitative estimate of drug-likeness (QED) is 0.342. The van der Waals surface area contributed by atoms with Gasteiger partial charge in [0.1, 0.15) is 11.5 Å². The molecule has 0 atom stereocenters. The Morgan fingerprint density at radius 3 is 2.39 bits per heavy atom. The molecule has 0 saturated carbocycles. The van der Waals surface area contributed by atoms with E-state index in [4.69, 9.17) is 4.42 Å². The van der Waals surface area contributed by atoms with Crippen molar-refractivity contribution in [2.75, 3.05) is 0 Å². The smallest absolute Gasteiger partial charge is 0.416 e. The van der Waals surface area contributed by atoms with E-state index < -0.39 is 23.6 Å². The van der Waals surface area contributed by atoms with Gasteiger partial charge in [-0.25, -0.2) is 0 Å². The number of amides is 2. The van der Waals surface area contributed by atoms with Crippen LogP contribution in [0.2, 0.25) is 0 Å². The highest BCUT2D eigenvalue weighted by molar-refractivity contribution is 14.1. The molecule has 0 bridgehead atoms. The monoisotopic (exact) mass is 540 g/mol. The summed E-state index contributed by atoms with van der Waals surface area (Å²) in [6.07, 6.45) is -3.13. The first-order valence-corrected chi connectivity index (χ1v) is 10.1. The number of rotatable bonds is 6. The zero-order valence-electron chi connectivity index (χ0n) is 15.9. The van der Waals surface area contributed by atoms with E-state index in [1.165, 1.54) is 18.2 Å². The lowest BCUT2D eigenvalue weighted by molar-refractivity contribution is -0.137. The second kappa shape index (κ2) is 9.82. The number of hydrogen-bond acceptors (Lipinski definition) is 3. The molecule has 3 aromatic rings. The van der Waals surface area contributed by atoms with Gasteiger partial charge in [-0.15, -0.1) is 0 Å². The maximum atomic E-state index is 12.9. The second-order valence-electron chi connectivity index (χ2n) is 6.40. The van der Waals surface area contributed by atoms with Gasteiger partial charge in [0.25, 0.3) is 11.8 Å². The summed E-state index contributed by atoms with van der Waals surface area (Å²) in [4.78, 5) is 25.2. The summed E-state index contributed by atoms with van der Waals surface area (Å²) in [5, 5.41) is 5.06. The zero-order valence-corrected chi connectivity index (χ0v) is 18.0. The van der Waals surface area contributed by atoms with Gasteiger partial charge in [0, 0.05) is 18.2 Å². The van der Waals surface area contributed by atoms with Gasteiger partial charge in [0.15, 0.2) is 3.77 Å². The SMILES string of the molecule is O=C(NCc1cccc(C(F)(F)F)c1)/C(=C\c1ccc(I)o1)NC(=O)c1ccccc1. The molecule has 0 aliphatic carbocycles. The Hall–Kier alpha value is -3.08. The molecule has 0 fully saturated rings. The van der Waals surface area contributed by atoms with Gasteiger partial charge < -0.3 is 15.1 Å². The molecule has 2 aromatic carbocycles. The van der Waals surface area contributed by atoms with Crippen molar-refractivity contribution in [2.45, 2.75) is 12.7 Å². The average Bonchev–Trinajstić information content (AvgIpc) is 3.16. The Kier molecular flexibility index (Phi) is 7.16. The predicted octanol–water partition coefficient (Wildman–Crippen LogP) is 4.99. The Morgan fingerprint density at radius 1 is 1.00 bits per heavy atom. The number of benzene rings is 2. The van der Waals surface area contributed by atoms with Crippen molar-refractivity contribution in [3.63, 3.8) is 0 Å². The molecular weight excluding hydrogens is 524 g/mol. The molecule has 31 heavy (non-hydrogen) atoms. The van der Waals surface area contributed by atoms with Crippen molar-refractivity contribution < 1.29 is 27.2 Å². The predicted molar refractivity (Wildman–Crippen MR) is 117 cm³/mol. The minimum atomic E-state index is -4.48. The first-order chi connectivity index (χ1) is 14.7. The highest BCUT2D eigenvalue weighted by atomic mass is 127. The fraction of sp³-hybridized carbons (Fsp3) is 0.0909. The van der Waals surface area contributed by atoms with Crippen molar-refractivity contribution >= 4 is 40.5 Å². The van der Waals surface area contributed by atoms with Crippen molar-refractivity contribution in [2.24, 2.45) is 0 Å². The molecule has 2 N–H and O–H groups in total. The first-order valence-electron chi connectivity index (χ1n) is 9.00. The van der Waals surface area contributed by atoms with Crippen LogP contribution in [0.5, 0.6) is 0 Å². The molecule has 9 heteroatoms. The minimum Gasteiger partial charge on any atom is -0.451 e. The maximum Gasteiger partial charge on any atom is 0.416 e. The molecule has 3 rings (SSSR count). The molecule has 0 spiro atoms. The van der Waals surface area contributed by atoms with Crippen LogP contribution in [-0.4, -0.2) is 11.8 Å². The highest BCUT2D eigenvalue weighted by Crippen LogP contribution is 2.29. The van der Waals surface area contributed by atoms with Crippen molar-refractivity contribution in [1.82, 2.24) is 10.6 Å². The largest absolute Gasteiger partial charge is 0.451 e. The number of furan rings is 1. The van der Waals surface area contributed by atoms with Crippen molar-refractivity contribution in [3.8, 4) is 0 Å². The van der Waals surface area contributed by atoms with E-state index >= 15 is 0 Å². The fourth-order valence-corrected chi connectivity index (χ4v) is 3.06. The molecule has 5 nitrogen and oxygen atoms in total. The van der Waals surface area contributed by atoms with E-state index in [1.54, 1.807) is 42.5 Å². The van der Waals surface area contributed by atoms with Gasteiger partial charge in [-0.1, -0.05) is 30.3 Å². The van der Waals surface area contributed by atoms with Gasteiger partial charge in [0.05, 0.1) is 5.56 Å². The zero-order chi connectivity index (χ0) is 22.4. The summed E-state index contributed by atoms with van der Waals surface area (Å²) in [5.41, 5.74) is -0.304. The average molecular weight is 540 g/mol. The Labute approximate surface area is 189 Å². The third kappa shape index (κ3) is 6.45. The molecule has 0 radical (unpaired) electrons. The summed E-state index contributed by atoms with van der Waals surface area (Å²) in [7, 11) is 0. The lowest BCUT2D eigenvalue weighted by atomic mass is 10.1. The topological polar surface area (TPSA) is 71.3 Å². The van der Waals surface area contributed by atoms with Crippen LogP contribution in [0.4, 0.5) is 13.2 Å². The second-order valence-corrected chi connectivity index (χ2v) is 7.46. The van der Waals surface area contributed by atoms with E-state index in [9.17, 15) is 22.8 Å². The number of nitrogens with one attached hydrogen (secondary N) is 2. The number of halogens is 4. The summed E-state index contributed by atoms with van der Waals surface area (Å²) < 4.78 is 44.7. The van der Waals surface area contributed by atoms with E-state index in [0.717, 1.165) is 12.1 Å². The summed E-state index contributed by atoms with van der Waals surface area (Å²) in [6, 6.07) is 16.2. The molecule has 0 aliphatic rings. The normalized spacial score (nSPS) is 11.8. The molecular formula is C22H16F3IN2O3. The van der Waals surface area contributed by atoms with Gasteiger partial charge in [-0.2, -0.15) is 13.2 Å². The van der Waals surface area contributed by atoms with Gasteiger partial charge in [-0.05, 0) is 64.6 Å². The standard InChI is InChI=1S/C22H16F3IN2O3/c23-22(24,25)16-8-4-5-14(11-16)13-27-21(30)18(12-17-9-10-19(26)31-17)28-20(29)15-6-2-1-3-7-15/h1-12H,13H2,(H,27,30)(H,28,29)/b18-12+. The summed E-state index contributed by atoms with van der Waals surface area (Å²) in [6.45, 7) is -0.156. The van der Waals surface area contributed by atoms with Crippen LogP contribution < -0.4 is 10.6 Å². The fourth-order valence-electron chi connectivity index (χ4n) is 2.63. The Morgan fingerprint density at radius 2 is 1.74 bits per heavy atom. The van der Waals surface area contributed by atoms with E-state index in [2.05, 4.69) is 10.6 Å². The van der Waals surface area contributed by atoms with E-state index in [0.29, 0.717) is 15.1 Å². The van der Waals surface area contributed by atoms with Gasteiger partial charge in [-0.3, -0.25) is 9.59 Å². The lowest BCUT2D eigenvalue weighted by Gasteiger charge is -2.12. The number of carbonyl (C=O) groups excluding carboxylic acids is 2. The third-order valence-electron chi connectivity index (χ3n) is 4.12. The third-order valence-corrected chi connectivity index (χ3v) is 4.70. The molecule has 1 heterocycles.